The number of carbonyl (C=O) groups is 2. The van der Waals surface area contributed by atoms with E-state index in [1.54, 1.807) is 39.2 Å². The van der Waals surface area contributed by atoms with Crippen molar-refractivity contribution in [2.75, 3.05) is 26.5 Å². The molecule has 1 aromatic carbocycles. The highest BCUT2D eigenvalue weighted by Crippen LogP contribution is 2.28. The van der Waals surface area contributed by atoms with Gasteiger partial charge in [0.25, 0.3) is 5.91 Å². The van der Waals surface area contributed by atoms with E-state index in [0.29, 0.717) is 34.3 Å². The first-order valence-electron chi connectivity index (χ1n) is 8.58. The monoisotopic (exact) mass is 399 g/mol. The van der Waals surface area contributed by atoms with Gasteiger partial charge in [0, 0.05) is 19.7 Å². The third kappa shape index (κ3) is 4.23. The van der Waals surface area contributed by atoms with Crippen molar-refractivity contribution in [1.29, 1.82) is 0 Å². The highest BCUT2D eigenvalue weighted by molar-refractivity contribution is 7.13. The Morgan fingerprint density at radius 3 is 2.71 bits per heavy atom. The average molecular weight is 399 g/mol. The lowest BCUT2D eigenvalue weighted by Gasteiger charge is -2.14. The second-order valence-corrected chi connectivity index (χ2v) is 7.29. The molecule has 0 aliphatic heterocycles. The molecule has 0 atom stereocenters. The van der Waals surface area contributed by atoms with E-state index in [1.807, 2.05) is 17.5 Å². The van der Waals surface area contributed by atoms with Crippen molar-refractivity contribution in [2.24, 2.45) is 0 Å². The molecule has 0 bridgehead atoms. The SMILES string of the molecule is COc1ccc(C(=O)N(C)C)cc1NC(=O)Cc1nc(-c2cccs2)oc1C. The number of amides is 2. The number of rotatable bonds is 6. The minimum absolute atomic E-state index is 0.0513. The second kappa shape index (κ2) is 8.26. The number of benzene rings is 1. The van der Waals surface area contributed by atoms with Gasteiger partial charge in [-0.1, -0.05) is 6.07 Å². The molecule has 2 heterocycles. The zero-order chi connectivity index (χ0) is 20.3. The van der Waals surface area contributed by atoms with Gasteiger partial charge in [0.05, 0.1) is 29.8 Å². The number of methoxy groups -OCH3 is 1. The van der Waals surface area contributed by atoms with Crippen molar-refractivity contribution in [1.82, 2.24) is 9.88 Å². The third-order valence-corrected chi connectivity index (χ3v) is 4.94. The van der Waals surface area contributed by atoms with Crippen molar-refractivity contribution >= 4 is 28.8 Å². The predicted octanol–water partition coefficient (Wildman–Crippen LogP) is 3.60. The molecule has 0 unspecified atom stereocenters. The smallest absolute Gasteiger partial charge is 0.253 e. The van der Waals surface area contributed by atoms with E-state index in [4.69, 9.17) is 9.15 Å². The van der Waals surface area contributed by atoms with Crippen LogP contribution in [-0.4, -0.2) is 42.9 Å². The summed E-state index contributed by atoms with van der Waals surface area (Å²) in [5, 5.41) is 4.74. The molecular formula is C20H21N3O4S. The number of hydrogen-bond acceptors (Lipinski definition) is 6. The lowest BCUT2D eigenvalue weighted by molar-refractivity contribution is -0.115. The Hall–Kier alpha value is -3.13. The molecule has 3 aromatic rings. The van der Waals surface area contributed by atoms with Crippen molar-refractivity contribution in [3.8, 4) is 16.5 Å². The Balaban J connectivity index is 1.78. The van der Waals surface area contributed by atoms with E-state index in [-0.39, 0.29) is 18.2 Å². The number of anilines is 1. The molecule has 3 rings (SSSR count). The number of hydrogen-bond donors (Lipinski definition) is 1. The molecule has 2 amide bonds. The van der Waals surface area contributed by atoms with E-state index in [9.17, 15) is 9.59 Å². The first-order valence-corrected chi connectivity index (χ1v) is 9.46. The summed E-state index contributed by atoms with van der Waals surface area (Å²) in [6, 6.07) is 8.75. The minimum atomic E-state index is -0.276. The summed E-state index contributed by atoms with van der Waals surface area (Å²) >= 11 is 1.52. The maximum absolute atomic E-state index is 12.6. The topological polar surface area (TPSA) is 84.7 Å². The number of oxazole rings is 1. The summed E-state index contributed by atoms with van der Waals surface area (Å²) in [7, 11) is 4.85. The molecule has 0 saturated carbocycles. The van der Waals surface area contributed by atoms with Crippen LogP contribution in [0.15, 0.2) is 40.1 Å². The van der Waals surface area contributed by atoms with Crippen LogP contribution in [0, 0.1) is 6.92 Å². The first kappa shape index (κ1) is 19.6. The normalized spacial score (nSPS) is 10.6. The highest BCUT2D eigenvalue weighted by Gasteiger charge is 2.18. The number of thiophene rings is 1. The van der Waals surface area contributed by atoms with Gasteiger partial charge in [0.1, 0.15) is 11.5 Å². The zero-order valence-corrected chi connectivity index (χ0v) is 16.9. The van der Waals surface area contributed by atoms with Crippen LogP contribution in [0.5, 0.6) is 5.75 Å². The Morgan fingerprint density at radius 1 is 1.29 bits per heavy atom. The van der Waals surface area contributed by atoms with E-state index >= 15 is 0 Å². The van der Waals surface area contributed by atoms with Gasteiger partial charge in [-0.05, 0) is 36.6 Å². The Bertz CT molecular complexity index is 993. The van der Waals surface area contributed by atoms with Gasteiger partial charge in [0.15, 0.2) is 0 Å². The lowest BCUT2D eigenvalue weighted by atomic mass is 10.1. The molecular weight excluding hydrogens is 378 g/mol. The zero-order valence-electron chi connectivity index (χ0n) is 16.1. The largest absolute Gasteiger partial charge is 0.495 e. The standard InChI is InChI=1S/C20H21N3O4S/c1-12-14(22-19(27-12)17-6-5-9-28-17)11-18(24)21-15-10-13(20(25)23(2)3)7-8-16(15)26-4/h5-10H,11H2,1-4H3,(H,21,24). The maximum atomic E-state index is 12.6. The second-order valence-electron chi connectivity index (χ2n) is 6.34. The number of aromatic nitrogens is 1. The van der Waals surface area contributed by atoms with E-state index in [0.717, 1.165) is 4.88 Å². The minimum Gasteiger partial charge on any atom is -0.495 e. The molecule has 28 heavy (non-hydrogen) atoms. The van der Waals surface area contributed by atoms with E-state index < -0.39 is 0 Å². The van der Waals surface area contributed by atoms with Crippen LogP contribution in [-0.2, 0) is 11.2 Å². The highest BCUT2D eigenvalue weighted by atomic mass is 32.1. The molecule has 0 aliphatic rings. The predicted molar refractivity (Wildman–Crippen MR) is 108 cm³/mol. The number of nitrogens with zero attached hydrogens (tertiary/aromatic N) is 2. The molecule has 0 radical (unpaired) electrons. The molecule has 0 saturated heterocycles. The summed E-state index contributed by atoms with van der Waals surface area (Å²) in [6.45, 7) is 1.78. The molecule has 8 heteroatoms. The summed E-state index contributed by atoms with van der Waals surface area (Å²) in [6.07, 6.45) is 0.0513. The van der Waals surface area contributed by atoms with Crippen LogP contribution in [0.2, 0.25) is 0 Å². The van der Waals surface area contributed by atoms with Crippen LogP contribution in [0.25, 0.3) is 10.8 Å². The number of aryl methyl sites for hydroxylation is 1. The fraction of sp³-hybridized carbons (Fsp3) is 0.250. The van der Waals surface area contributed by atoms with Crippen molar-refractivity contribution in [3.63, 3.8) is 0 Å². The van der Waals surface area contributed by atoms with Crippen molar-refractivity contribution < 1.29 is 18.7 Å². The van der Waals surface area contributed by atoms with E-state index in [1.165, 1.54) is 23.3 Å². The van der Waals surface area contributed by atoms with Crippen LogP contribution in [0.3, 0.4) is 0 Å². The molecule has 2 aromatic heterocycles. The fourth-order valence-electron chi connectivity index (χ4n) is 2.64. The maximum Gasteiger partial charge on any atom is 0.253 e. The third-order valence-electron chi connectivity index (χ3n) is 4.08. The van der Waals surface area contributed by atoms with Crippen molar-refractivity contribution in [2.45, 2.75) is 13.3 Å². The van der Waals surface area contributed by atoms with Gasteiger partial charge in [-0.3, -0.25) is 9.59 Å². The number of ether oxygens (including phenoxy) is 1. The van der Waals surface area contributed by atoms with Gasteiger partial charge in [-0.25, -0.2) is 4.98 Å². The van der Waals surface area contributed by atoms with Gasteiger partial charge >= 0.3 is 0 Å². The van der Waals surface area contributed by atoms with Crippen LogP contribution < -0.4 is 10.1 Å². The van der Waals surface area contributed by atoms with E-state index in [2.05, 4.69) is 10.3 Å². The van der Waals surface area contributed by atoms with Gasteiger partial charge < -0.3 is 19.4 Å². The summed E-state index contributed by atoms with van der Waals surface area (Å²) in [4.78, 5) is 31.6. The fourth-order valence-corrected chi connectivity index (χ4v) is 3.29. The number of carbonyl (C=O) groups excluding carboxylic acids is 2. The molecule has 7 nitrogen and oxygen atoms in total. The number of nitrogens with one attached hydrogen (secondary N) is 1. The quantitative estimate of drug-likeness (QED) is 0.685. The van der Waals surface area contributed by atoms with Crippen LogP contribution >= 0.6 is 11.3 Å². The van der Waals surface area contributed by atoms with Gasteiger partial charge in [-0.2, -0.15) is 0 Å². The molecule has 0 spiro atoms. The molecule has 0 aliphatic carbocycles. The van der Waals surface area contributed by atoms with Crippen molar-refractivity contribution in [3.05, 3.63) is 52.7 Å². The van der Waals surface area contributed by atoms with Crippen LogP contribution in [0.4, 0.5) is 5.69 Å². The summed E-state index contributed by atoms with van der Waals surface area (Å²) in [5.74, 6) is 1.14. The summed E-state index contributed by atoms with van der Waals surface area (Å²) in [5.41, 5.74) is 1.46. The molecule has 1 N–H and O–H groups in total. The lowest BCUT2D eigenvalue weighted by Crippen LogP contribution is -2.22. The van der Waals surface area contributed by atoms with Gasteiger partial charge in [-0.15, -0.1) is 11.3 Å². The Morgan fingerprint density at radius 2 is 2.07 bits per heavy atom. The summed E-state index contributed by atoms with van der Waals surface area (Å²) < 4.78 is 11.0. The first-order chi connectivity index (χ1) is 13.4. The molecule has 0 fully saturated rings. The Labute approximate surface area is 167 Å². The van der Waals surface area contributed by atoms with Crippen LogP contribution in [0.1, 0.15) is 21.8 Å². The average Bonchev–Trinajstić information content (AvgIpc) is 3.31. The van der Waals surface area contributed by atoms with Gasteiger partial charge in [0.2, 0.25) is 11.8 Å². The molecule has 146 valence electrons. The Kier molecular flexibility index (Phi) is 5.79.